The van der Waals surface area contributed by atoms with E-state index in [4.69, 9.17) is 4.74 Å². The van der Waals surface area contributed by atoms with Crippen LogP contribution in [0.2, 0.25) is 0 Å². The topological polar surface area (TPSA) is 38.8 Å². The summed E-state index contributed by atoms with van der Waals surface area (Å²) < 4.78 is 50.5. The largest absolute Gasteiger partial charge is 0.482 e. The molecule has 1 aliphatic rings. The van der Waals surface area contributed by atoms with Crippen LogP contribution >= 0.6 is 0 Å². The predicted molar refractivity (Wildman–Crippen MR) is 77.7 cm³/mol. The van der Waals surface area contributed by atoms with Gasteiger partial charge in [-0.25, -0.2) is 4.39 Å². The molecule has 0 aromatic heterocycles. The summed E-state index contributed by atoms with van der Waals surface area (Å²) in [6.07, 6.45) is -1.49. The van der Waals surface area contributed by atoms with E-state index < -0.39 is 17.8 Å². The number of rotatable bonds is 6. The van der Waals surface area contributed by atoms with Crippen LogP contribution in [-0.2, 0) is 9.53 Å². The van der Waals surface area contributed by atoms with E-state index in [1.807, 2.05) is 0 Å². The molecule has 0 saturated carbocycles. The molecule has 0 aliphatic carbocycles. The number of halogens is 3. The number of carbonyl (C=O) groups is 1. The molecule has 0 radical (unpaired) electrons. The van der Waals surface area contributed by atoms with Crippen molar-refractivity contribution in [1.82, 2.24) is 4.90 Å². The first-order chi connectivity index (χ1) is 10.9. The average Bonchev–Trinajstić information content (AvgIpc) is 2.54. The fraction of sp³-hybridized carbons (Fsp3) is 0.438. The molecular weight excluding hydrogens is 311 g/mol. The molecule has 1 saturated heterocycles. The Kier molecular flexibility index (Phi) is 5.65. The predicted octanol–water partition coefficient (Wildman–Crippen LogP) is 2.99. The van der Waals surface area contributed by atoms with Crippen LogP contribution in [0, 0.1) is 5.82 Å². The van der Waals surface area contributed by atoms with Gasteiger partial charge in [0.2, 0.25) is 0 Å². The van der Waals surface area contributed by atoms with Gasteiger partial charge in [0.1, 0.15) is 11.6 Å². The standard InChI is InChI=1S/C16H18F3NO3/c1-2-11-22-13-7-9-20(10-8-13)15(21)16(18,19)23-14-5-3-12(17)4-6-14/h2-6,13H,1,7-11H2. The van der Waals surface area contributed by atoms with Crippen molar-refractivity contribution in [2.75, 3.05) is 19.7 Å². The highest BCUT2D eigenvalue weighted by molar-refractivity contribution is 5.82. The van der Waals surface area contributed by atoms with Crippen LogP contribution < -0.4 is 4.74 Å². The Hall–Kier alpha value is -2.02. The molecule has 4 nitrogen and oxygen atoms in total. The Morgan fingerprint density at radius 3 is 2.48 bits per heavy atom. The summed E-state index contributed by atoms with van der Waals surface area (Å²) >= 11 is 0. The molecule has 0 unspecified atom stereocenters. The van der Waals surface area contributed by atoms with Crippen molar-refractivity contribution in [3.63, 3.8) is 0 Å². The van der Waals surface area contributed by atoms with Crippen LogP contribution in [0.4, 0.5) is 13.2 Å². The second-order valence-corrected chi connectivity index (χ2v) is 5.19. The molecule has 0 bridgehead atoms. The van der Waals surface area contributed by atoms with Gasteiger partial charge in [-0.2, -0.15) is 8.78 Å². The maximum Gasteiger partial charge on any atom is 0.482 e. The maximum atomic E-state index is 13.9. The first-order valence-electron chi connectivity index (χ1n) is 7.26. The molecule has 0 N–H and O–H groups in total. The van der Waals surface area contributed by atoms with Gasteiger partial charge in [0.15, 0.2) is 0 Å². The van der Waals surface area contributed by atoms with Gasteiger partial charge in [-0.05, 0) is 37.1 Å². The highest BCUT2D eigenvalue weighted by Crippen LogP contribution is 2.26. The number of alkyl halides is 2. The zero-order valence-electron chi connectivity index (χ0n) is 12.5. The number of piperidine rings is 1. The molecule has 1 amide bonds. The van der Waals surface area contributed by atoms with Gasteiger partial charge < -0.3 is 14.4 Å². The summed E-state index contributed by atoms with van der Waals surface area (Å²) in [6.45, 7) is 4.27. The van der Waals surface area contributed by atoms with Gasteiger partial charge >= 0.3 is 12.0 Å². The van der Waals surface area contributed by atoms with Gasteiger partial charge in [0.25, 0.3) is 0 Å². The Morgan fingerprint density at radius 1 is 1.30 bits per heavy atom. The molecule has 7 heteroatoms. The van der Waals surface area contributed by atoms with Gasteiger partial charge in [-0.3, -0.25) is 4.79 Å². The van der Waals surface area contributed by atoms with E-state index in [9.17, 15) is 18.0 Å². The second-order valence-electron chi connectivity index (χ2n) is 5.19. The number of hydrogen-bond donors (Lipinski definition) is 0. The van der Waals surface area contributed by atoms with Gasteiger partial charge in [-0.15, -0.1) is 6.58 Å². The van der Waals surface area contributed by atoms with Crippen LogP contribution in [0.5, 0.6) is 5.75 Å². The van der Waals surface area contributed by atoms with Crippen molar-refractivity contribution in [2.45, 2.75) is 25.1 Å². The maximum absolute atomic E-state index is 13.9. The number of likely N-dealkylation sites (tertiary alicyclic amines) is 1. The smallest absolute Gasteiger partial charge is 0.425 e. The Labute approximate surface area is 132 Å². The van der Waals surface area contributed by atoms with E-state index in [1.54, 1.807) is 6.08 Å². The van der Waals surface area contributed by atoms with Crippen molar-refractivity contribution in [2.24, 2.45) is 0 Å². The summed E-state index contributed by atoms with van der Waals surface area (Å²) in [5.41, 5.74) is 0. The van der Waals surface area contributed by atoms with Crippen molar-refractivity contribution >= 4 is 5.91 Å². The van der Waals surface area contributed by atoms with E-state index in [-0.39, 0.29) is 24.9 Å². The first-order valence-corrected chi connectivity index (χ1v) is 7.26. The van der Waals surface area contributed by atoms with Crippen LogP contribution in [0.1, 0.15) is 12.8 Å². The number of nitrogens with zero attached hydrogens (tertiary/aromatic N) is 1. The molecular formula is C16H18F3NO3. The third-order valence-electron chi connectivity index (χ3n) is 3.49. The molecule has 23 heavy (non-hydrogen) atoms. The third kappa shape index (κ3) is 4.72. The van der Waals surface area contributed by atoms with Crippen molar-refractivity contribution in [3.8, 4) is 5.75 Å². The lowest BCUT2D eigenvalue weighted by Gasteiger charge is -2.33. The molecule has 126 valence electrons. The minimum atomic E-state index is -3.99. The van der Waals surface area contributed by atoms with Crippen LogP contribution in [0.3, 0.4) is 0 Å². The molecule has 0 atom stereocenters. The second kappa shape index (κ2) is 7.50. The van der Waals surface area contributed by atoms with E-state index in [2.05, 4.69) is 11.3 Å². The van der Waals surface area contributed by atoms with Crippen LogP contribution in [0.15, 0.2) is 36.9 Å². The summed E-state index contributed by atoms with van der Waals surface area (Å²) in [4.78, 5) is 13.0. The molecule has 2 rings (SSSR count). The summed E-state index contributed by atoms with van der Waals surface area (Å²) in [5.74, 6) is -2.24. The number of carbonyl (C=O) groups excluding carboxylic acids is 1. The first kappa shape index (κ1) is 17.3. The third-order valence-corrected chi connectivity index (χ3v) is 3.49. The monoisotopic (exact) mass is 329 g/mol. The van der Waals surface area contributed by atoms with E-state index in [1.165, 1.54) is 0 Å². The number of hydrogen-bond acceptors (Lipinski definition) is 3. The number of benzene rings is 1. The molecule has 1 aliphatic heterocycles. The summed E-state index contributed by atoms with van der Waals surface area (Å²) in [7, 11) is 0. The number of amides is 1. The normalized spacial score (nSPS) is 16.2. The molecule has 1 heterocycles. The molecule has 1 fully saturated rings. The molecule has 1 aromatic carbocycles. The van der Waals surface area contributed by atoms with Gasteiger partial charge in [-0.1, -0.05) is 6.08 Å². The average molecular weight is 329 g/mol. The highest BCUT2D eigenvalue weighted by Gasteiger charge is 2.46. The van der Waals surface area contributed by atoms with E-state index in [0.29, 0.717) is 19.4 Å². The van der Waals surface area contributed by atoms with Gasteiger partial charge in [0, 0.05) is 13.1 Å². The Morgan fingerprint density at radius 2 is 1.91 bits per heavy atom. The van der Waals surface area contributed by atoms with E-state index in [0.717, 1.165) is 29.2 Å². The van der Waals surface area contributed by atoms with Crippen molar-refractivity contribution in [1.29, 1.82) is 0 Å². The molecule has 0 spiro atoms. The minimum absolute atomic E-state index is 0.0660. The molecule has 1 aromatic rings. The van der Waals surface area contributed by atoms with Crippen molar-refractivity contribution in [3.05, 3.63) is 42.7 Å². The zero-order chi connectivity index (χ0) is 16.9. The van der Waals surface area contributed by atoms with E-state index >= 15 is 0 Å². The number of ether oxygens (including phenoxy) is 2. The fourth-order valence-corrected chi connectivity index (χ4v) is 2.31. The Balaban J connectivity index is 1.91. The Bertz CT molecular complexity index is 540. The lowest BCUT2D eigenvalue weighted by Crippen LogP contribution is -2.50. The lowest BCUT2D eigenvalue weighted by atomic mass is 10.1. The SMILES string of the molecule is C=CCOC1CCN(C(=O)C(F)(F)Oc2ccc(F)cc2)CC1. The van der Waals surface area contributed by atoms with Crippen molar-refractivity contribution < 1.29 is 27.4 Å². The van der Waals surface area contributed by atoms with Crippen LogP contribution in [-0.4, -0.2) is 42.7 Å². The summed E-state index contributed by atoms with van der Waals surface area (Å²) in [5, 5.41) is 0. The fourth-order valence-electron chi connectivity index (χ4n) is 2.31. The van der Waals surface area contributed by atoms with Gasteiger partial charge in [0.05, 0.1) is 12.7 Å². The summed E-state index contributed by atoms with van der Waals surface area (Å²) in [6, 6.07) is 4.06. The highest BCUT2D eigenvalue weighted by atomic mass is 19.3. The van der Waals surface area contributed by atoms with Crippen LogP contribution in [0.25, 0.3) is 0 Å². The zero-order valence-corrected chi connectivity index (χ0v) is 12.5. The lowest BCUT2D eigenvalue weighted by molar-refractivity contribution is -0.205. The minimum Gasteiger partial charge on any atom is -0.425 e. The quantitative estimate of drug-likeness (QED) is 0.753.